The van der Waals surface area contributed by atoms with Gasteiger partial charge in [0.1, 0.15) is 0 Å². The fourth-order valence-corrected chi connectivity index (χ4v) is 4.95. The Morgan fingerprint density at radius 3 is 2.44 bits per heavy atom. The number of carbonyl (C=O) groups excluding carboxylic acids is 1. The second-order valence-electron chi connectivity index (χ2n) is 8.40. The first-order chi connectivity index (χ1) is 16.6. The van der Waals surface area contributed by atoms with Crippen molar-refractivity contribution in [2.75, 3.05) is 29.9 Å². The summed E-state index contributed by atoms with van der Waals surface area (Å²) < 4.78 is 5.85. The molecule has 1 aromatic heterocycles. The molecule has 0 radical (unpaired) electrons. The Labute approximate surface area is 203 Å². The van der Waals surface area contributed by atoms with Crippen LogP contribution in [0.3, 0.4) is 0 Å². The molecule has 7 heteroatoms. The molecule has 1 amide bonds. The minimum absolute atomic E-state index is 0.149. The van der Waals surface area contributed by atoms with Crippen LogP contribution in [0.5, 0.6) is 0 Å². The Morgan fingerprint density at radius 2 is 1.68 bits per heavy atom. The molecule has 4 aromatic rings. The van der Waals surface area contributed by atoms with E-state index in [2.05, 4.69) is 32.5 Å². The molecule has 172 valence electrons. The van der Waals surface area contributed by atoms with Gasteiger partial charge in [0, 0.05) is 53.5 Å². The average molecular weight is 471 g/mol. The van der Waals surface area contributed by atoms with Crippen molar-refractivity contribution in [3.8, 4) is 22.9 Å². The molecule has 0 atom stereocenters. The van der Waals surface area contributed by atoms with E-state index in [-0.39, 0.29) is 5.91 Å². The zero-order valence-corrected chi connectivity index (χ0v) is 19.8. The molecule has 0 spiro atoms. The highest BCUT2D eigenvalue weighted by Crippen LogP contribution is 2.25. The lowest BCUT2D eigenvalue weighted by Gasteiger charge is -2.26. The summed E-state index contributed by atoms with van der Waals surface area (Å²) in [5, 5.41) is 11.3. The molecule has 2 heterocycles. The van der Waals surface area contributed by atoms with Crippen LogP contribution in [0, 0.1) is 6.92 Å². The molecule has 1 fully saturated rings. The van der Waals surface area contributed by atoms with Gasteiger partial charge in [-0.3, -0.25) is 9.69 Å². The predicted octanol–water partition coefficient (Wildman–Crippen LogP) is 5.51. The maximum absolute atomic E-state index is 12.8. The van der Waals surface area contributed by atoms with Gasteiger partial charge >= 0.3 is 0 Å². The van der Waals surface area contributed by atoms with Crippen LogP contribution >= 0.6 is 11.8 Å². The lowest BCUT2D eigenvalue weighted by atomic mass is 10.1. The summed E-state index contributed by atoms with van der Waals surface area (Å²) in [5.74, 6) is 3.12. The molecule has 0 bridgehead atoms. The number of carbonyl (C=O) groups is 1. The van der Waals surface area contributed by atoms with Gasteiger partial charge in [-0.2, -0.15) is 11.8 Å². The molecule has 0 unspecified atom stereocenters. The van der Waals surface area contributed by atoms with Crippen molar-refractivity contribution in [1.29, 1.82) is 0 Å². The van der Waals surface area contributed by atoms with Gasteiger partial charge in [-0.05, 0) is 61.0 Å². The summed E-state index contributed by atoms with van der Waals surface area (Å²) in [6, 6.07) is 23.2. The Balaban J connectivity index is 1.24. The van der Waals surface area contributed by atoms with Gasteiger partial charge in [0.2, 0.25) is 11.8 Å². The number of hydrogen-bond donors (Lipinski definition) is 1. The summed E-state index contributed by atoms with van der Waals surface area (Å²) in [5.41, 5.74) is 5.36. The zero-order valence-electron chi connectivity index (χ0n) is 19.0. The number of nitrogens with one attached hydrogen (secondary N) is 1. The second-order valence-corrected chi connectivity index (χ2v) is 9.63. The highest BCUT2D eigenvalue weighted by atomic mass is 32.2. The lowest BCUT2D eigenvalue weighted by molar-refractivity contribution is 0.102. The molecule has 6 nitrogen and oxygen atoms in total. The summed E-state index contributed by atoms with van der Waals surface area (Å²) in [4.78, 5) is 15.3. The number of hydrogen-bond acceptors (Lipinski definition) is 6. The van der Waals surface area contributed by atoms with Crippen molar-refractivity contribution < 1.29 is 9.21 Å². The van der Waals surface area contributed by atoms with Crippen molar-refractivity contribution in [2.45, 2.75) is 13.5 Å². The molecular weight excluding hydrogens is 444 g/mol. The van der Waals surface area contributed by atoms with Gasteiger partial charge in [-0.1, -0.05) is 29.8 Å². The van der Waals surface area contributed by atoms with Gasteiger partial charge in [0.25, 0.3) is 5.91 Å². The topological polar surface area (TPSA) is 71.3 Å². The minimum Gasteiger partial charge on any atom is -0.416 e. The Kier molecular flexibility index (Phi) is 6.74. The number of aromatic nitrogens is 2. The Hall–Kier alpha value is -3.42. The van der Waals surface area contributed by atoms with Crippen LogP contribution in [-0.4, -0.2) is 45.6 Å². The molecule has 5 rings (SSSR count). The second kappa shape index (κ2) is 10.2. The number of nitrogens with zero attached hydrogens (tertiary/aromatic N) is 3. The van der Waals surface area contributed by atoms with E-state index in [0.717, 1.165) is 42.0 Å². The smallest absolute Gasteiger partial charge is 0.255 e. The molecule has 34 heavy (non-hydrogen) atoms. The fraction of sp³-hybridized carbons (Fsp3) is 0.222. The van der Waals surface area contributed by atoms with Gasteiger partial charge < -0.3 is 9.73 Å². The van der Waals surface area contributed by atoms with E-state index in [4.69, 9.17) is 4.42 Å². The van der Waals surface area contributed by atoms with Crippen molar-refractivity contribution in [2.24, 2.45) is 0 Å². The van der Waals surface area contributed by atoms with Crippen molar-refractivity contribution in [3.05, 3.63) is 89.5 Å². The third-order valence-corrected chi connectivity index (χ3v) is 6.72. The summed E-state index contributed by atoms with van der Waals surface area (Å²) in [6.45, 7) is 5.16. The Morgan fingerprint density at radius 1 is 0.941 bits per heavy atom. The number of benzene rings is 3. The third kappa shape index (κ3) is 5.38. The van der Waals surface area contributed by atoms with Gasteiger partial charge in [0.05, 0.1) is 0 Å². The summed E-state index contributed by atoms with van der Waals surface area (Å²) in [6.07, 6.45) is 0. The standard InChI is InChI=1S/C27H26N4O2S/c1-19-4-2-6-23(16-19)27-30-29-26(33-27)22-10-8-21(9-11-22)25(32)28-24-7-3-5-20(17-24)18-31-12-14-34-15-13-31/h2-11,16-17H,12-15,18H2,1H3,(H,28,32). The zero-order chi connectivity index (χ0) is 23.3. The largest absolute Gasteiger partial charge is 0.416 e. The molecule has 1 saturated heterocycles. The highest BCUT2D eigenvalue weighted by molar-refractivity contribution is 7.99. The van der Waals surface area contributed by atoms with Gasteiger partial charge in [0.15, 0.2) is 0 Å². The quantitative estimate of drug-likeness (QED) is 0.400. The highest BCUT2D eigenvalue weighted by Gasteiger charge is 2.14. The number of anilines is 1. The van der Waals surface area contributed by atoms with Crippen LogP contribution in [0.1, 0.15) is 21.5 Å². The first kappa shape index (κ1) is 22.4. The van der Waals surface area contributed by atoms with Crippen LogP contribution in [0.2, 0.25) is 0 Å². The van der Waals surface area contributed by atoms with E-state index in [1.54, 1.807) is 12.1 Å². The lowest BCUT2D eigenvalue weighted by Crippen LogP contribution is -2.31. The maximum Gasteiger partial charge on any atom is 0.255 e. The van der Waals surface area contributed by atoms with Crippen LogP contribution in [-0.2, 0) is 6.54 Å². The van der Waals surface area contributed by atoms with E-state index < -0.39 is 0 Å². The molecule has 3 aromatic carbocycles. The van der Waals surface area contributed by atoms with E-state index in [9.17, 15) is 4.79 Å². The summed E-state index contributed by atoms with van der Waals surface area (Å²) in [7, 11) is 0. The van der Waals surface area contributed by atoms with Crippen LogP contribution in [0.25, 0.3) is 22.9 Å². The van der Waals surface area contributed by atoms with Crippen LogP contribution in [0.15, 0.2) is 77.2 Å². The average Bonchev–Trinajstić information content (AvgIpc) is 3.36. The van der Waals surface area contributed by atoms with Crippen molar-refractivity contribution >= 4 is 23.4 Å². The maximum atomic E-state index is 12.8. The normalized spacial score (nSPS) is 14.1. The van der Waals surface area contributed by atoms with Crippen LogP contribution in [0.4, 0.5) is 5.69 Å². The summed E-state index contributed by atoms with van der Waals surface area (Å²) >= 11 is 2.01. The SMILES string of the molecule is Cc1cccc(-c2nnc(-c3ccc(C(=O)Nc4cccc(CN5CCSCC5)c4)cc3)o2)c1. The predicted molar refractivity (Wildman–Crippen MR) is 137 cm³/mol. The third-order valence-electron chi connectivity index (χ3n) is 5.78. The monoisotopic (exact) mass is 470 g/mol. The van der Waals surface area contributed by atoms with Crippen molar-refractivity contribution in [1.82, 2.24) is 15.1 Å². The minimum atomic E-state index is -0.149. The molecule has 1 aliphatic heterocycles. The van der Waals surface area contributed by atoms with Crippen molar-refractivity contribution in [3.63, 3.8) is 0 Å². The van der Waals surface area contributed by atoms with E-state index >= 15 is 0 Å². The number of amides is 1. The number of aryl methyl sites for hydroxylation is 1. The Bertz CT molecular complexity index is 1280. The first-order valence-electron chi connectivity index (χ1n) is 11.4. The molecule has 1 aliphatic rings. The molecule has 0 saturated carbocycles. The van der Waals surface area contributed by atoms with E-state index in [1.165, 1.54) is 17.1 Å². The van der Waals surface area contributed by atoms with E-state index in [0.29, 0.717) is 17.3 Å². The first-order valence-corrected chi connectivity index (χ1v) is 12.5. The number of rotatable bonds is 6. The number of thioether (sulfide) groups is 1. The van der Waals surface area contributed by atoms with Crippen LogP contribution < -0.4 is 5.32 Å². The molecule has 1 N–H and O–H groups in total. The molecule has 0 aliphatic carbocycles. The molecular formula is C27H26N4O2S. The van der Waals surface area contributed by atoms with E-state index in [1.807, 2.05) is 67.2 Å². The van der Waals surface area contributed by atoms with Gasteiger partial charge in [-0.25, -0.2) is 0 Å². The fourth-order valence-electron chi connectivity index (χ4n) is 3.97. The van der Waals surface area contributed by atoms with Gasteiger partial charge in [-0.15, -0.1) is 10.2 Å².